The fourth-order valence-corrected chi connectivity index (χ4v) is 4.10. The van der Waals surface area contributed by atoms with E-state index in [9.17, 15) is 9.59 Å². The van der Waals surface area contributed by atoms with E-state index in [1.165, 1.54) is 4.90 Å². The highest BCUT2D eigenvalue weighted by Crippen LogP contribution is 2.65. The molecule has 1 saturated heterocycles. The number of esters is 1. The van der Waals surface area contributed by atoms with Gasteiger partial charge in [-0.3, -0.25) is 9.59 Å². The third-order valence-corrected chi connectivity index (χ3v) is 6.69. The monoisotopic (exact) mass is 346 g/mol. The van der Waals surface area contributed by atoms with Gasteiger partial charge in [-0.25, -0.2) is 5.43 Å². The van der Waals surface area contributed by atoms with Gasteiger partial charge >= 0.3 is 5.97 Å². The number of nitrogens with one attached hydrogen (secondary N) is 1. The molecule has 2 atom stereocenters. The number of hydrogen-bond acceptors (Lipinski definition) is 5. The van der Waals surface area contributed by atoms with Crippen molar-refractivity contribution < 1.29 is 14.3 Å². The summed E-state index contributed by atoms with van der Waals surface area (Å²) in [6.07, 6.45) is 4.80. The Kier molecular flexibility index (Phi) is 3.98. The van der Waals surface area contributed by atoms with E-state index in [4.69, 9.17) is 4.74 Å². The van der Waals surface area contributed by atoms with E-state index in [0.717, 1.165) is 5.56 Å². The summed E-state index contributed by atoms with van der Waals surface area (Å²) >= 11 is 1.67. The quantitative estimate of drug-likeness (QED) is 0.394. The molecule has 1 saturated carbocycles. The van der Waals surface area contributed by atoms with Crippen molar-refractivity contribution in [2.45, 2.75) is 44.1 Å². The molecule has 0 spiro atoms. The van der Waals surface area contributed by atoms with Gasteiger partial charge in [0.2, 0.25) is 0 Å². The van der Waals surface area contributed by atoms with Crippen molar-refractivity contribution in [2.24, 2.45) is 15.9 Å². The van der Waals surface area contributed by atoms with Gasteiger partial charge in [-0.15, -0.1) is 11.8 Å². The molecule has 1 N–H and O–H groups in total. The molecule has 1 aromatic carbocycles. The molecule has 1 amide bonds. The fraction of sp³-hybridized carbons (Fsp3) is 0.500. The molecule has 1 heterocycles. The maximum absolute atomic E-state index is 12.7. The van der Waals surface area contributed by atoms with Crippen LogP contribution in [-0.2, 0) is 14.3 Å². The number of hydrogen-bond donors (Lipinski definition) is 1. The summed E-state index contributed by atoms with van der Waals surface area (Å²) in [4.78, 5) is 26.1. The lowest BCUT2D eigenvalue weighted by Crippen LogP contribution is -2.52. The molecule has 0 radical (unpaired) electrons. The number of benzene rings is 1. The van der Waals surface area contributed by atoms with Gasteiger partial charge in [0, 0.05) is 10.3 Å². The highest BCUT2D eigenvalue weighted by molar-refractivity contribution is 7.98. The standard InChI is InChI=1S/C18H22N2O3S/c1-16(2)17(3)9-10-18(16,23-15(17)22)14(21)20-19-11-12-5-7-13(24-4)8-6-12/h5-8,11H,9-10H2,1-4H3,(H,20,21)/b19-11+. The van der Waals surface area contributed by atoms with E-state index in [0.29, 0.717) is 12.8 Å². The Balaban J connectivity index is 1.73. The average molecular weight is 346 g/mol. The van der Waals surface area contributed by atoms with Crippen molar-refractivity contribution in [1.29, 1.82) is 0 Å². The number of rotatable bonds is 4. The van der Waals surface area contributed by atoms with Crippen LogP contribution in [0, 0.1) is 10.8 Å². The zero-order valence-electron chi connectivity index (χ0n) is 14.4. The number of ether oxygens (including phenoxy) is 1. The van der Waals surface area contributed by atoms with Crippen LogP contribution >= 0.6 is 11.8 Å². The molecule has 5 nitrogen and oxygen atoms in total. The third-order valence-electron chi connectivity index (χ3n) is 5.95. The maximum atomic E-state index is 12.7. The number of carbonyl (C=O) groups excluding carboxylic acids is 2. The maximum Gasteiger partial charge on any atom is 0.313 e. The molecule has 2 unspecified atom stereocenters. The lowest BCUT2D eigenvalue weighted by molar-refractivity contribution is -0.168. The van der Waals surface area contributed by atoms with E-state index in [1.807, 2.05) is 51.3 Å². The summed E-state index contributed by atoms with van der Waals surface area (Å²) in [5.41, 5.74) is 1.16. The SMILES string of the molecule is CSc1ccc(/C=N/NC(=O)C23CCC(C)(C(=O)O2)C3(C)C)cc1. The molecule has 24 heavy (non-hydrogen) atoms. The molecule has 1 aliphatic carbocycles. The zero-order chi connectivity index (χ0) is 17.6. The minimum Gasteiger partial charge on any atom is -0.448 e. The van der Waals surface area contributed by atoms with Crippen LogP contribution in [0.3, 0.4) is 0 Å². The van der Waals surface area contributed by atoms with Crippen molar-refractivity contribution in [1.82, 2.24) is 5.43 Å². The van der Waals surface area contributed by atoms with Gasteiger partial charge in [0.15, 0.2) is 5.60 Å². The molecule has 128 valence electrons. The van der Waals surface area contributed by atoms with Crippen LogP contribution in [-0.4, -0.2) is 29.9 Å². The molecule has 2 bridgehead atoms. The van der Waals surface area contributed by atoms with Crippen molar-refractivity contribution in [3.63, 3.8) is 0 Å². The Morgan fingerprint density at radius 2 is 1.92 bits per heavy atom. The lowest BCUT2D eigenvalue weighted by Gasteiger charge is -2.34. The van der Waals surface area contributed by atoms with Crippen LogP contribution in [0.4, 0.5) is 0 Å². The number of carbonyl (C=O) groups is 2. The summed E-state index contributed by atoms with van der Waals surface area (Å²) in [7, 11) is 0. The molecule has 1 aromatic rings. The van der Waals surface area contributed by atoms with Crippen LogP contribution in [0.15, 0.2) is 34.3 Å². The molecule has 1 aliphatic heterocycles. The smallest absolute Gasteiger partial charge is 0.313 e. The zero-order valence-corrected chi connectivity index (χ0v) is 15.2. The van der Waals surface area contributed by atoms with E-state index in [-0.39, 0.29) is 11.9 Å². The van der Waals surface area contributed by atoms with E-state index >= 15 is 0 Å². The fourth-order valence-electron chi connectivity index (χ4n) is 3.69. The Hall–Kier alpha value is -1.82. The molecule has 3 rings (SSSR count). The van der Waals surface area contributed by atoms with E-state index < -0.39 is 16.4 Å². The minimum absolute atomic E-state index is 0.287. The van der Waals surface area contributed by atoms with Crippen molar-refractivity contribution >= 4 is 29.9 Å². The molecule has 0 aromatic heterocycles. The Morgan fingerprint density at radius 1 is 1.25 bits per heavy atom. The molecular weight excluding hydrogens is 324 g/mol. The van der Waals surface area contributed by atoms with Crippen LogP contribution in [0.2, 0.25) is 0 Å². The molecule has 2 fully saturated rings. The summed E-state index contributed by atoms with van der Waals surface area (Å²) in [5.74, 6) is -0.635. The second kappa shape index (κ2) is 5.62. The molecular formula is C18H22N2O3S. The van der Waals surface area contributed by atoms with Crippen LogP contribution in [0.1, 0.15) is 39.2 Å². The minimum atomic E-state index is -1.13. The van der Waals surface area contributed by atoms with Crippen molar-refractivity contribution in [3.05, 3.63) is 29.8 Å². The molecule has 2 aliphatic rings. The van der Waals surface area contributed by atoms with Gasteiger partial charge in [0.1, 0.15) is 0 Å². The lowest BCUT2D eigenvalue weighted by atomic mass is 9.66. The topological polar surface area (TPSA) is 67.8 Å². The third kappa shape index (κ3) is 2.19. The Labute approximate surface area is 146 Å². The van der Waals surface area contributed by atoms with Gasteiger partial charge in [-0.05, 0) is 43.7 Å². The number of nitrogens with zero attached hydrogens (tertiary/aromatic N) is 1. The normalized spacial score (nSPS) is 30.6. The van der Waals surface area contributed by atoms with Crippen LogP contribution in [0.25, 0.3) is 0 Å². The van der Waals surface area contributed by atoms with Gasteiger partial charge in [-0.2, -0.15) is 5.10 Å². The number of fused-ring (bicyclic) bond motifs is 2. The Bertz CT molecular complexity index is 713. The highest BCUT2D eigenvalue weighted by Gasteiger charge is 2.75. The summed E-state index contributed by atoms with van der Waals surface area (Å²) in [6, 6.07) is 7.87. The first-order valence-corrected chi connectivity index (χ1v) is 9.20. The summed E-state index contributed by atoms with van der Waals surface area (Å²) < 4.78 is 5.53. The number of hydrazone groups is 1. The van der Waals surface area contributed by atoms with Gasteiger partial charge in [0.25, 0.3) is 5.91 Å². The average Bonchev–Trinajstić information content (AvgIpc) is 2.86. The second-order valence-corrected chi connectivity index (χ2v) is 8.03. The first-order valence-electron chi connectivity index (χ1n) is 7.98. The van der Waals surface area contributed by atoms with Crippen molar-refractivity contribution in [2.75, 3.05) is 6.26 Å². The van der Waals surface area contributed by atoms with Gasteiger partial charge < -0.3 is 4.74 Å². The first kappa shape index (κ1) is 17.0. The highest BCUT2D eigenvalue weighted by atomic mass is 32.2. The largest absolute Gasteiger partial charge is 0.448 e. The van der Waals surface area contributed by atoms with Crippen molar-refractivity contribution in [3.8, 4) is 0 Å². The number of thioether (sulfide) groups is 1. The first-order chi connectivity index (χ1) is 11.3. The van der Waals surface area contributed by atoms with Crippen LogP contribution < -0.4 is 5.43 Å². The summed E-state index contributed by atoms with van der Waals surface area (Å²) in [5, 5.41) is 4.04. The molecule has 6 heteroatoms. The Morgan fingerprint density at radius 3 is 2.42 bits per heavy atom. The number of amides is 1. The van der Waals surface area contributed by atoms with E-state index in [2.05, 4.69) is 10.5 Å². The summed E-state index contributed by atoms with van der Waals surface area (Å²) in [6.45, 7) is 5.73. The second-order valence-electron chi connectivity index (χ2n) is 7.15. The van der Waals surface area contributed by atoms with Crippen LogP contribution in [0.5, 0.6) is 0 Å². The van der Waals surface area contributed by atoms with Gasteiger partial charge in [0.05, 0.1) is 11.6 Å². The predicted molar refractivity (Wildman–Crippen MR) is 93.9 cm³/mol. The van der Waals surface area contributed by atoms with E-state index in [1.54, 1.807) is 18.0 Å². The predicted octanol–water partition coefficient (Wildman–Crippen LogP) is 2.98. The van der Waals surface area contributed by atoms with Gasteiger partial charge in [-0.1, -0.05) is 26.0 Å².